The minimum atomic E-state index is -0.500. The fourth-order valence-corrected chi connectivity index (χ4v) is 4.05. The topological polar surface area (TPSA) is 76.0 Å². The van der Waals surface area contributed by atoms with Crippen LogP contribution >= 0.6 is 11.6 Å². The first kappa shape index (κ1) is 35.8. The van der Waals surface area contributed by atoms with E-state index < -0.39 is 5.60 Å². The summed E-state index contributed by atoms with van der Waals surface area (Å²) in [4.78, 5) is 14.0. The van der Waals surface area contributed by atoms with Crippen LogP contribution in [0, 0.1) is 19.8 Å². The standard InChI is InChI=1S/C23H27ClN2O.C4H10O.C3H7NO.C2H2/c1-6-15(2)26-12-11-25(5)23-17(4)20(13-16(3)27)21(14-22(23)26)18-7-9-19(24)10-8-18;1-4(2,3)5;1-4-2-3-5;1-2/h6-10,14,27H,3,11-13H2,1-2,4-5H3;5H,1-3H3;3-4H,2H2,1H3;1-2H/b15-6-;;;. The number of hydrogen-bond acceptors (Lipinski definition) is 6. The van der Waals surface area contributed by atoms with E-state index in [1.165, 1.54) is 22.6 Å². The molecule has 1 aliphatic rings. The number of aliphatic hydroxyl groups excluding tert-OH is 1. The van der Waals surface area contributed by atoms with Crippen LogP contribution in [0.2, 0.25) is 5.02 Å². The maximum Gasteiger partial charge on any atom is 0.133 e. The van der Waals surface area contributed by atoms with Gasteiger partial charge in [-0.3, -0.25) is 0 Å². The second kappa shape index (κ2) is 17.4. The second-order valence-electron chi connectivity index (χ2n) is 10.0. The summed E-state index contributed by atoms with van der Waals surface area (Å²) in [5, 5.41) is 21.8. The highest BCUT2D eigenvalue weighted by molar-refractivity contribution is 6.30. The van der Waals surface area contributed by atoms with Crippen molar-refractivity contribution >= 4 is 29.3 Å². The molecule has 1 heterocycles. The molecule has 0 bridgehead atoms. The quantitative estimate of drug-likeness (QED) is 0.213. The average molecular weight is 556 g/mol. The van der Waals surface area contributed by atoms with Gasteiger partial charge in [-0.1, -0.05) is 36.4 Å². The number of nitrogens with one attached hydrogen (secondary N) is 1. The van der Waals surface area contributed by atoms with Gasteiger partial charge in [0.05, 0.1) is 29.3 Å². The number of benzene rings is 2. The van der Waals surface area contributed by atoms with Crippen LogP contribution in [0.3, 0.4) is 0 Å². The minimum Gasteiger partial charge on any atom is -0.513 e. The van der Waals surface area contributed by atoms with Crippen LogP contribution in [0.5, 0.6) is 0 Å². The summed E-state index contributed by atoms with van der Waals surface area (Å²) in [6.07, 6.45) is 11.4. The van der Waals surface area contributed by atoms with Crippen molar-refractivity contribution in [3.8, 4) is 24.0 Å². The first-order chi connectivity index (χ1) is 18.2. The Hall–Kier alpha value is -3.24. The molecule has 0 fully saturated rings. The van der Waals surface area contributed by atoms with E-state index >= 15 is 0 Å². The smallest absolute Gasteiger partial charge is 0.133 e. The van der Waals surface area contributed by atoms with Gasteiger partial charge in [0.1, 0.15) is 6.29 Å². The Morgan fingerprint density at radius 2 is 1.74 bits per heavy atom. The van der Waals surface area contributed by atoms with Gasteiger partial charge in [-0.05, 0) is 89.0 Å². The largest absolute Gasteiger partial charge is 0.513 e. The minimum absolute atomic E-state index is 0.174. The zero-order valence-electron chi connectivity index (χ0n) is 24.8. The molecule has 2 aromatic rings. The lowest BCUT2D eigenvalue weighted by Gasteiger charge is -2.39. The zero-order chi connectivity index (χ0) is 30.3. The summed E-state index contributed by atoms with van der Waals surface area (Å²) in [5.74, 6) is 0.174. The van der Waals surface area contributed by atoms with Crippen molar-refractivity contribution in [2.24, 2.45) is 0 Å². The van der Waals surface area contributed by atoms with Crippen molar-refractivity contribution in [3.05, 3.63) is 70.6 Å². The molecule has 0 aromatic heterocycles. The van der Waals surface area contributed by atoms with E-state index in [1.807, 2.05) is 24.3 Å². The molecule has 0 amide bonds. The lowest BCUT2D eigenvalue weighted by Crippen LogP contribution is -2.39. The van der Waals surface area contributed by atoms with E-state index in [0.29, 0.717) is 18.0 Å². The number of aldehydes is 1. The molecule has 6 nitrogen and oxygen atoms in total. The van der Waals surface area contributed by atoms with Crippen molar-refractivity contribution in [3.63, 3.8) is 0 Å². The van der Waals surface area contributed by atoms with Crippen LogP contribution in [-0.2, 0) is 11.2 Å². The first-order valence-electron chi connectivity index (χ1n) is 12.8. The molecule has 0 radical (unpaired) electrons. The lowest BCUT2D eigenvalue weighted by atomic mass is 9.90. The molecule has 3 N–H and O–H groups in total. The van der Waals surface area contributed by atoms with Crippen LogP contribution < -0.4 is 15.1 Å². The molecule has 0 saturated carbocycles. The van der Waals surface area contributed by atoms with Gasteiger partial charge in [-0.25, -0.2) is 0 Å². The molecule has 0 unspecified atom stereocenters. The number of aliphatic hydroxyl groups is 2. The Morgan fingerprint density at radius 3 is 2.15 bits per heavy atom. The van der Waals surface area contributed by atoms with E-state index in [4.69, 9.17) is 16.7 Å². The van der Waals surface area contributed by atoms with Crippen LogP contribution in [-0.4, -0.2) is 55.8 Å². The number of carbonyl (C=O) groups is 1. The van der Waals surface area contributed by atoms with Gasteiger partial charge in [-0.2, -0.15) is 0 Å². The predicted molar refractivity (Wildman–Crippen MR) is 169 cm³/mol. The normalized spacial score (nSPS) is 12.5. The Kier molecular flexibility index (Phi) is 15.9. The average Bonchev–Trinajstić information content (AvgIpc) is 2.86. The van der Waals surface area contributed by atoms with Gasteiger partial charge in [0.2, 0.25) is 0 Å². The number of terminal acetylenes is 1. The van der Waals surface area contributed by atoms with Crippen LogP contribution in [0.15, 0.2) is 54.4 Å². The molecular weight excluding hydrogens is 510 g/mol. The number of nitrogens with zero attached hydrogens (tertiary/aromatic N) is 2. The van der Waals surface area contributed by atoms with Gasteiger partial charge < -0.3 is 30.1 Å². The first-order valence-corrected chi connectivity index (χ1v) is 13.2. The number of allylic oxidation sites excluding steroid dienone is 3. The highest BCUT2D eigenvalue weighted by Crippen LogP contribution is 2.44. The van der Waals surface area contributed by atoms with Crippen molar-refractivity contribution in [1.82, 2.24) is 5.32 Å². The van der Waals surface area contributed by atoms with Gasteiger partial charge >= 0.3 is 0 Å². The number of likely N-dealkylation sites (N-methyl/N-ethyl adjacent to an activating group) is 2. The van der Waals surface area contributed by atoms with Crippen molar-refractivity contribution in [1.29, 1.82) is 0 Å². The number of fused-ring (bicyclic) bond motifs is 1. The molecule has 1 aliphatic heterocycles. The maximum atomic E-state index is 9.95. The second-order valence-corrected chi connectivity index (χ2v) is 10.5. The molecule has 214 valence electrons. The van der Waals surface area contributed by atoms with E-state index in [0.717, 1.165) is 36.1 Å². The Labute approximate surface area is 241 Å². The summed E-state index contributed by atoms with van der Waals surface area (Å²) in [7, 11) is 3.86. The number of halogens is 1. The number of hydrogen-bond donors (Lipinski definition) is 3. The van der Waals surface area contributed by atoms with Gasteiger partial charge in [-0.15, -0.1) is 12.8 Å². The Morgan fingerprint density at radius 1 is 1.21 bits per heavy atom. The third-order valence-electron chi connectivity index (χ3n) is 5.66. The lowest BCUT2D eigenvalue weighted by molar-refractivity contribution is -0.107. The predicted octanol–water partition coefficient (Wildman–Crippen LogP) is 6.54. The molecule has 0 spiro atoms. The summed E-state index contributed by atoms with van der Waals surface area (Å²) in [6, 6.07) is 10.1. The summed E-state index contributed by atoms with van der Waals surface area (Å²) < 4.78 is 0. The highest BCUT2D eigenvalue weighted by Gasteiger charge is 2.26. The fourth-order valence-electron chi connectivity index (χ4n) is 3.92. The molecule has 0 saturated heterocycles. The summed E-state index contributed by atoms with van der Waals surface area (Å²) in [5.41, 5.74) is 7.66. The third kappa shape index (κ3) is 12.0. The molecule has 39 heavy (non-hydrogen) atoms. The Bertz CT molecular complexity index is 1110. The van der Waals surface area contributed by atoms with Gasteiger partial charge in [0, 0.05) is 37.3 Å². The third-order valence-corrected chi connectivity index (χ3v) is 5.91. The van der Waals surface area contributed by atoms with Crippen LogP contribution in [0.4, 0.5) is 11.4 Å². The van der Waals surface area contributed by atoms with E-state index in [9.17, 15) is 9.90 Å². The van der Waals surface area contributed by atoms with E-state index in [1.54, 1.807) is 27.8 Å². The van der Waals surface area contributed by atoms with Crippen molar-refractivity contribution in [2.75, 3.05) is 43.5 Å². The van der Waals surface area contributed by atoms with Crippen LogP contribution in [0.25, 0.3) is 11.1 Å². The van der Waals surface area contributed by atoms with Crippen molar-refractivity contribution < 1.29 is 15.0 Å². The fraction of sp³-hybridized carbons (Fsp3) is 0.406. The highest BCUT2D eigenvalue weighted by atomic mass is 35.5. The van der Waals surface area contributed by atoms with Gasteiger partial charge in [0.15, 0.2) is 0 Å². The van der Waals surface area contributed by atoms with E-state index in [-0.39, 0.29) is 5.76 Å². The molecule has 0 aliphatic carbocycles. The number of rotatable bonds is 6. The van der Waals surface area contributed by atoms with Crippen LogP contribution in [0.1, 0.15) is 45.7 Å². The van der Waals surface area contributed by atoms with Crippen molar-refractivity contribution in [2.45, 2.75) is 53.6 Å². The van der Waals surface area contributed by atoms with E-state index in [2.05, 4.69) is 74.5 Å². The number of carbonyl (C=O) groups excluding carboxylic acids is 1. The molecule has 0 atom stereocenters. The zero-order valence-corrected chi connectivity index (χ0v) is 25.6. The molecule has 3 rings (SSSR count). The maximum absolute atomic E-state index is 9.95. The molecule has 2 aromatic carbocycles. The van der Waals surface area contributed by atoms with Gasteiger partial charge in [0.25, 0.3) is 0 Å². The monoisotopic (exact) mass is 555 g/mol. The molecular formula is C32H46ClN3O3. The Balaban J connectivity index is 0.00000102. The molecule has 7 heteroatoms. The summed E-state index contributed by atoms with van der Waals surface area (Å²) >= 11 is 6.10. The number of anilines is 2. The summed E-state index contributed by atoms with van der Waals surface area (Å²) in [6.45, 7) is 17.7. The SMILES string of the molecule is C#C.C=C(O)Cc1c(-c2ccc(Cl)cc2)cc2c(c1C)N(C)CCN2/C(C)=C\C.CC(C)(C)O.CNCC=O.